The third-order valence-corrected chi connectivity index (χ3v) is 13.3. The summed E-state index contributed by atoms with van der Waals surface area (Å²) in [6, 6.07) is 28.8. The van der Waals surface area contributed by atoms with Crippen LogP contribution in [0, 0.1) is 38.0 Å². The van der Waals surface area contributed by atoms with E-state index in [9.17, 15) is 35.5 Å². The monoisotopic (exact) mass is 926 g/mol. The van der Waals surface area contributed by atoms with Gasteiger partial charge < -0.3 is 34.4 Å². The van der Waals surface area contributed by atoms with Crippen LogP contribution in [0.5, 0.6) is 17.2 Å². The first kappa shape index (κ1) is 47.4. The Morgan fingerprint density at radius 2 is 1.57 bits per heavy atom. The number of carbonyl (C=O) groups excluding carboxylic acids is 1. The first-order valence-electron chi connectivity index (χ1n) is 22.9. The van der Waals surface area contributed by atoms with Gasteiger partial charge >= 0.3 is 6.09 Å². The molecule has 1 amide bonds. The number of ether oxygens (including phenoxy) is 3. The number of benzene rings is 5. The number of unbranched alkanes of at least 4 members (excludes halogenated alkanes) is 2. The summed E-state index contributed by atoms with van der Waals surface area (Å²) in [6.45, 7) is 3.99. The van der Waals surface area contributed by atoms with Crippen LogP contribution in [-0.2, 0) is 22.7 Å². The van der Waals surface area contributed by atoms with Crippen molar-refractivity contribution in [2.45, 2.75) is 75.8 Å². The van der Waals surface area contributed by atoms with E-state index in [0.717, 1.165) is 33.9 Å². The summed E-state index contributed by atoms with van der Waals surface area (Å²) in [7, 11) is 0. The van der Waals surface area contributed by atoms with Crippen molar-refractivity contribution >= 4 is 34.0 Å². The van der Waals surface area contributed by atoms with Gasteiger partial charge in [-0.2, -0.15) is 0 Å². The fourth-order valence-electron chi connectivity index (χ4n) is 10.3. The van der Waals surface area contributed by atoms with E-state index in [4.69, 9.17) is 24.2 Å². The van der Waals surface area contributed by atoms with Gasteiger partial charge in [-0.05, 0) is 107 Å². The molecule has 1 fully saturated rings. The van der Waals surface area contributed by atoms with Crippen molar-refractivity contribution in [2.75, 3.05) is 19.8 Å². The summed E-state index contributed by atoms with van der Waals surface area (Å²) < 4.78 is 20.5. The minimum atomic E-state index is -1.67. The van der Waals surface area contributed by atoms with Crippen LogP contribution >= 0.6 is 0 Å². The highest BCUT2D eigenvalue weighted by Crippen LogP contribution is 2.62. The highest BCUT2D eigenvalue weighted by atomic mass is 16.7. The number of phenols is 1. The highest BCUT2D eigenvalue weighted by molar-refractivity contribution is 6.03. The number of hydrogen-bond acceptors (Lipinski definition) is 13. The summed E-state index contributed by atoms with van der Waals surface area (Å²) in [4.78, 5) is 44.9. The molecule has 8 rings (SSSR count). The predicted molar refractivity (Wildman–Crippen MR) is 253 cm³/mol. The zero-order chi connectivity index (χ0) is 47.8. The molecule has 1 heterocycles. The van der Waals surface area contributed by atoms with E-state index in [1.54, 1.807) is 41.3 Å². The standard InChI is InChI=1S/C52H54N4O12/c1-2-28-65-52-48(54(32-37-13-9-12-35-10-3-4-14-42(35)37)51(60)67-41-23-20-39(21-24-41)56(63)64)31-46(53-66-33-34-16-18-38(19-17-34)55(61)62)44-29-36(11-5-7-26-57)43(15-6-8-27-58)49(50(44)52)45-30-40(59)22-25-47(45)68-52/h2-4,9-10,12-14,16-25,29-30,36,43,48-50,57-59H,1,5-8,11,15,26-28,31-33H2. The summed E-state index contributed by atoms with van der Waals surface area (Å²) >= 11 is 0. The van der Waals surface area contributed by atoms with Gasteiger partial charge in [-0.25, -0.2) is 4.79 Å². The zero-order valence-corrected chi connectivity index (χ0v) is 37.4. The number of hydrogen-bond donors (Lipinski definition) is 3. The molecule has 1 saturated carbocycles. The van der Waals surface area contributed by atoms with Gasteiger partial charge in [-0.3, -0.25) is 25.1 Å². The maximum absolute atomic E-state index is 15.2. The van der Waals surface area contributed by atoms with Crippen molar-refractivity contribution in [1.82, 2.24) is 4.90 Å². The Morgan fingerprint density at radius 3 is 2.28 bits per heavy atom. The number of nitro benzene ring substituents is 2. The van der Waals surface area contributed by atoms with Crippen LogP contribution in [0.4, 0.5) is 16.2 Å². The number of allylic oxidation sites excluding steroid dienone is 1. The van der Waals surface area contributed by atoms with Gasteiger partial charge in [-0.1, -0.05) is 72.6 Å². The largest absolute Gasteiger partial charge is 0.508 e. The molecule has 2 aliphatic carbocycles. The predicted octanol–water partition coefficient (Wildman–Crippen LogP) is 9.90. The van der Waals surface area contributed by atoms with Crippen molar-refractivity contribution in [3.8, 4) is 17.2 Å². The molecule has 3 aliphatic rings. The van der Waals surface area contributed by atoms with E-state index >= 15 is 4.79 Å². The summed E-state index contributed by atoms with van der Waals surface area (Å²) in [5, 5.41) is 60.7. The van der Waals surface area contributed by atoms with Gasteiger partial charge in [0.1, 0.15) is 29.9 Å². The molecule has 68 heavy (non-hydrogen) atoms. The molecule has 0 spiro atoms. The molecular formula is C52H54N4O12. The number of nitrogens with zero attached hydrogens (tertiary/aromatic N) is 4. The zero-order valence-electron chi connectivity index (χ0n) is 37.4. The van der Waals surface area contributed by atoms with E-state index in [2.05, 4.69) is 12.7 Å². The summed E-state index contributed by atoms with van der Waals surface area (Å²) in [5.41, 5.74) is 3.15. The Kier molecular flexibility index (Phi) is 14.8. The Balaban J connectivity index is 1.34. The number of nitro groups is 2. The van der Waals surface area contributed by atoms with Gasteiger partial charge in [0.05, 0.1) is 34.6 Å². The molecule has 354 valence electrons. The molecule has 1 aliphatic heterocycles. The highest BCUT2D eigenvalue weighted by Gasteiger charge is 2.65. The van der Waals surface area contributed by atoms with Crippen LogP contribution in [0.15, 0.2) is 139 Å². The molecule has 5 aromatic carbocycles. The number of aliphatic hydroxyl groups excluding tert-OH is 2. The molecule has 0 aromatic heterocycles. The number of fused-ring (bicyclic) bond motifs is 3. The number of phenolic OH excluding ortho intramolecular Hbond substituents is 1. The number of oxime groups is 1. The average molecular weight is 927 g/mol. The quantitative estimate of drug-likeness (QED) is 0.0288. The first-order chi connectivity index (χ1) is 33.0. The van der Waals surface area contributed by atoms with E-state index in [0.29, 0.717) is 49.1 Å². The molecule has 0 saturated heterocycles. The Hall–Kier alpha value is -7.14. The van der Waals surface area contributed by atoms with Gasteiger partial charge in [0, 0.05) is 55.4 Å². The number of rotatable bonds is 20. The normalized spacial score (nSPS) is 22.0. The van der Waals surface area contributed by atoms with E-state index in [1.165, 1.54) is 36.4 Å². The Bertz CT molecular complexity index is 2680. The number of non-ortho nitro benzene ring substituents is 2. The minimum absolute atomic E-state index is 0.00183. The van der Waals surface area contributed by atoms with Crippen LogP contribution in [-0.4, -0.2) is 73.5 Å². The minimum Gasteiger partial charge on any atom is -0.508 e. The number of carbonyl (C=O) groups is 1. The second-order valence-electron chi connectivity index (χ2n) is 17.4. The second kappa shape index (κ2) is 21.2. The number of aliphatic hydroxyl groups is 2. The van der Waals surface area contributed by atoms with Crippen LogP contribution < -0.4 is 9.47 Å². The molecule has 0 radical (unpaired) electrons. The molecular weight excluding hydrogens is 873 g/mol. The van der Waals surface area contributed by atoms with E-state index < -0.39 is 39.6 Å². The van der Waals surface area contributed by atoms with Gasteiger partial charge in [-0.15, -0.1) is 6.58 Å². The molecule has 6 unspecified atom stereocenters. The third kappa shape index (κ3) is 9.93. The molecule has 16 heteroatoms. The van der Waals surface area contributed by atoms with Gasteiger partial charge in [0.15, 0.2) is 0 Å². The maximum Gasteiger partial charge on any atom is 0.416 e. The van der Waals surface area contributed by atoms with E-state index in [-0.39, 0.29) is 74.1 Å². The lowest BCUT2D eigenvalue weighted by atomic mass is 9.55. The lowest BCUT2D eigenvalue weighted by Gasteiger charge is -2.59. The van der Waals surface area contributed by atoms with Crippen LogP contribution in [0.3, 0.4) is 0 Å². The second-order valence-corrected chi connectivity index (χ2v) is 17.4. The van der Waals surface area contributed by atoms with E-state index in [1.807, 2.05) is 42.5 Å². The van der Waals surface area contributed by atoms with Crippen molar-refractivity contribution in [1.29, 1.82) is 0 Å². The summed E-state index contributed by atoms with van der Waals surface area (Å²) in [6.07, 6.45) is 6.97. The fourth-order valence-corrected chi connectivity index (χ4v) is 10.3. The first-order valence-corrected chi connectivity index (χ1v) is 22.9. The molecule has 0 bridgehead atoms. The Morgan fingerprint density at radius 1 is 0.882 bits per heavy atom. The SMILES string of the molecule is C=CCOC12Oc3ccc(O)cc3C3C(CCCCO)C(CCCCO)C=C(C(=NOCc4ccc([N+](=O)[O-])cc4)CC1N(Cc1cccc4ccccc14)C(=O)Oc1ccc([N+](=O)[O-])cc1)C32. The number of amides is 1. The fraction of sp³-hybridized carbons (Fsp3) is 0.346. The van der Waals surface area contributed by atoms with Crippen molar-refractivity contribution in [2.24, 2.45) is 22.9 Å². The topological polar surface area (TPSA) is 217 Å². The van der Waals surface area contributed by atoms with Crippen molar-refractivity contribution in [3.05, 3.63) is 170 Å². The average Bonchev–Trinajstić information content (AvgIpc) is 3.34. The molecule has 5 aromatic rings. The molecule has 6 atom stereocenters. The Labute approximate surface area is 393 Å². The van der Waals surface area contributed by atoms with Crippen LogP contribution in [0.1, 0.15) is 67.6 Å². The van der Waals surface area contributed by atoms with Crippen LogP contribution in [0.2, 0.25) is 0 Å². The lowest BCUT2D eigenvalue weighted by molar-refractivity contribution is -0.385. The van der Waals surface area contributed by atoms with Gasteiger partial charge in [0.2, 0.25) is 5.79 Å². The van der Waals surface area contributed by atoms with Crippen molar-refractivity contribution < 1.29 is 49.0 Å². The van der Waals surface area contributed by atoms with Crippen LogP contribution in [0.25, 0.3) is 10.8 Å². The summed E-state index contributed by atoms with van der Waals surface area (Å²) in [5.74, 6) is -2.42. The maximum atomic E-state index is 15.2. The van der Waals surface area contributed by atoms with Crippen molar-refractivity contribution in [3.63, 3.8) is 0 Å². The van der Waals surface area contributed by atoms with Gasteiger partial charge in [0.25, 0.3) is 11.4 Å². The lowest BCUT2D eigenvalue weighted by Crippen LogP contribution is -2.70. The third-order valence-electron chi connectivity index (χ3n) is 13.3. The molecule has 3 N–H and O–H groups in total. The smallest absolute Gasteiger partial charge is 0.416 e. The number of aromatic hydroxyl groups is 1. The molecule has 16 nitrogen and oxygen atoms in total.